The van der Waals surface area contributed by atoms with Crippen molar-refractivity contribution in [1.29, 1.82) is 0 Å². The molecule has 1 aromatic heterocycles. The number of hydrogen-bond donors (Lipinski definition) is 1. The molecule has 0 saturated carbocycles. The van der Waals surface area contributed by atoms with Crippen molar-refractivity contribution in [1.82, 2.24) is 4.57 Å². The van der Waals surface area contributed by atoms with Crippen molar-refractivity contribution in [3.05, 3.63) is 71.4 Å². The van der Waals surface area contributed by atoms with Gasteiger partial charge in [-0.1, -0.05) is 30.3 Å². The van der Waals surface area contributed by atoms with Gasteiger partial charge in [0.15, 0.2) is 0 Å². The lowest BCUT2D eigenvalue weighted by Gasteiger charge is -2.13. The van der Waals surface area contributed by atoms with Crippen molar-refractivity contribution in [2.75, 3.05) is 0 Å². The van der Waals surface area contributed by atoms with Crippen LogP contribution in [0.1, 0.15) is 21.6 Å². The highest BCUT2D eigenvalue weighted by Crippen LogP contribution is 2.34. The third-order valence-electron chi connectivity index (χ3n) is 3.64. The molecule has 3 nitrogen and oxygen atoms in total. The summed E-state index contributed by atoms with van der Waals surface area (Å²) in [7, 11) is 0. The third-order valence-corrected chi connectivity index (χ3v) is 3.64. The molecule has 0 fully saturated rings. The first kappa shape index (κ1) is 15.1. The number of carboxylic acid groups (broad SMARTS) is 1. The number of nitrogens with zero attached hydrogens (tertiary/aromatic N) is 1. The molecule has 1 N–H and O–H groups in total. The molecule has 3 rings (SSSR count). The number of alkyl halides is 3. The molecule has 0 aliphatic carbocycles. The molecule has 0 amide bonds. The van der Waals surface area contributed by atoms with Crippen molar-refractivity contribution in [2.45, 2.75) is 12.7 Å². The zero-order chi connectivity index (χ0) is 16.6. The van der Waals surface area contributed by atoms with Gasteiger partial charge in [-0.05, 0) is 29.8 Å². The van der Waals surface area contributed by atoms with Crippen LogP contribution >= 0.6 is 0 Å². The van der Waals surface area contributed by atoms with Crippen molar-refractivity contribution >= 4 is 16.9 Å². The molecule has 0 bridgehead atoms. The van der Waals surface area contributed by atoms with E-state index in [0.29, 0.717) is 16.5 Å². The van der Waals surface area contributed by atoms with Gasteiger partial charge in [0, 0.05) is 17.4 Å². The minimum absolute atomic E-state index is 0.0161. The maximum atomic E-state index is 13.3. The number of aromatic carboxylic acids is 1. The van der Waals surface area contributed by atoms with Crippen molar-refractivity contribution in [3.8, 4) is 0 Å². The lowest BCUT2D eigenvalue weighted by atomic mass is 10.1. The van der Waals surface area contributed by atoms with Gasteiger partial charge < -0.3 is 9.67 Å². The number of para-hydroxylation sites is 1. The normalized spacial score (nSPS) is 11.8. The molecule has 6 heteroatoms. The smallest absolute Gasteiger partial charge is 0.431 e. The quantitative estimate of drug-likeness (QED) is 0.777. The van der Waals surface area contributed by atoms with Crippen LogP contribution in [0.2, 0.25) is 0 Å². The first-order valence-corrected chi connectivity index (χ1v) is 6.84. The van der Waals surface area contributed by atoms with Crippen molar-refractivity contribution < 1.29 is 23.1 Å². The first-order valence-electron chi connectivity index (χ1n) is 6.84. The van der Waals surface area contributed by atoms with E-state index in [9.17, 15) is 18.0 Å². The van der Waals surface area contributed by atoms with Gasteiger partial charge in [0.05, 0.1) is 5.56 Å². The van der Waals surface area contributed by atoms with Crippen LogP contribution in [0.15, 0.2) is 54.6 Å². The van der Waals surface area contributed by atoms with E-state index in [1.165, 1.54) is 28.8 Å². The SMILES string of the molecule is O=C(O)c1ccc(Cn2c(C(F)(F)F)cc3ccccc32)cc1. The van der Waals surface area contributed by atoms with Crippen LogP contribution in [0, 0.1) is 0 Å². The largest absolute Gasteiger partial charge is 0.478 e. The molecule has 0 aliphatic rings. The summed E-state index contributed by atoms with van der Waals surface area (Å²) in [5, 5.41) is 9.39. The predicted octanol–water partition coefficient (Wildman–Crippen LogP) is 4.41. The molecule has 1 heterocycles. The van der Waals surface area contributed by atoms with E-state index >= 15 is 0 Å². The zero-order valence-corrected chi connectivity index (χ0v) is 11.8. The number of aromatic nitrogens is 1. The number of carboxylic acids is 1. The Labute approximate surface area is 129 Å². The van der Waals surface area contributed by atoms with Crippen LogP contribution in [-0.2, 0) is 12.7 Å². The van der Waals surface area contributed by atoms with E-state index < -0.39 is 17.8 Å². The van der Waals surface area contributed by atoms with Crippen LogP contribution in [0.3, 0.4) is 0 Å². The number of hydrogen-bond acceptors (Lipinski definition) is 1. The van der Waals surface area contributed by atoms with Gasteiger partial charge in [-0.15, -0.1) is 0 Å². The standard InChI is InChI=1S/C17H12F3NO2/c18-17(19,20)15-9-13-3-1-2-4-14(13)21(15)10-11-5-7-12(8-6-11)16(22)23/h1-9H,10H2,(H,22,23). The fourth-order valence-corrected chi connectivity index (χ4v) is 2.55. The molecule has 0 radical (unpaired) electrons. The van der Waals surface area contributed by atoms with Gasteiger partial charge >= 0.3 is 12.1 Å². The Hall–Kier alpha value is -2.76. The molecule has 23 heavy (non-hydrogen) atoms. The van der Waals surface area contributed by atoms with Gasteiger partial charge in [-0.3, -0.25) is 0 Å². The average Bonchev–Trinajstić information content (AvgIpc) is 2.87. The summed E-state index contributed by atoms with van der Waals surface area (Å²) < 4.78 is 41.0. The summed E-state index contributed by atoms with van der Waals surface area (Å²) in [6.45, 7) is 0.0161. The molecule has 2 aromatic carbocycles. The van der Waals surface area contributed by atoms with Crippen LogP contribution in [0.4, 0.5) is 13.2 Å². The average molecular weight is 319 g/mol. The lowest BCUT2D eigenvalue weighted by molar-refractivity contribution is -0.143. The van der Waals surface area contributed by atoms with Gasteiger partial charge in [-0.2, -0.15) is 13.2 Å². The third kappa shape index (κ3) is 2.92. The maximum Gasteiger partial charge on any atom is 0.431 e. The molecule has 0 spiro atoms. The number of carbonyl (C=O) groups is 1. The van der Waals surface area contributed by atoms with E-state index in [4.69, 9.17) is 5.11 Å². The summed E-state index contributed by atoms with van der Waals surface area (Å²) in [6, 6.07) is 13.6. The molecule has 3 aromatic rings. The van der Waals surface area contributed by atoms with Gasteiger partial charge in [0.25, 0.3) is 0 Å². The van der Waals surface area contributed by atoms with E-state index in [1.807, 2.05) is 0 Å². The Morgan fingerprint density at radius 1 is 1.04 bits per heavy atom. The molecular formula is C17H12F3NO2. The Balaban J connectivity index is 2.06. The minimum Gasteiger partial charge on any atom is -0.478 e. The fourth-order valence-electron chi connectivity index (χ4n) is 2.55. The summed E-state index contributed by atoms with van der Waals surface area (Å²) in [4.78, 5) is 10.8. The molecule has 0 saturated heterocycles. The van der Waals surface area contributed by atoms with E-state index in [-0.39, 0.29) is 12.1 Å². The van der Waals surface area contributed by atoms with Gasteiger partial charge in [0.2, 0.25) is 0 Å². The highest BCUT2D eigenvalue weighted by atomic mass is 19.4. The fraction of sp³-hybridized carbons (Fsp3) is 0.118. The monoisotopic (exact) mass is 319 g/mol. The second kappa shape index (κ2) is 5.46. The van der Waals surface area contributed by atoms with Gasteiger partial charge in [0.1, 0.15) is 5.69 Å². The summed E-state index contributed by atoms with van der Waals surface area (Å²) in [5.74, 6) is -1.07. The number of benzene rings is 2. The second-order valence-electron chi connectivity index (χ2n) is 5.17. The Bertz CT molecular complexity index is 864. The minimum atomic E-state index is -4.46. The van der Waals surface area contributed by atoms with Crippen molar-refractivity contribution in [2.24, 2.45) is 0 Å². The summed E-state index contributed by atoms with van der Waals surface area (Å²) in [5.41, 5.74) is 0.465. The highest BCUT2D eigenvalue weighted by Gasteiger charge is 2.35. The number of fused-ring (bicyclic) bond motifs is 1. The van der Waals surface area contributed by atoms with Crippen molar-refractivity contribution in [3.63, 3.8) is 0 Å². The number of rotatable bonds is 3. The van der Waals surface area contributed by atoms with Crippen LogP contribution in [-0.4, -0.2) is 15.6 Å². The first-order chi connectivity index (χ1) is 10.9. The lowest BCUT2D eigenvalue weighted by Crippen LogP contribution is -2.14. The Morgan fingerprint density at radius 2 is 1.70 bits per heavy atom. The molecule has 0 unspecified atom stereocenters. The predicted molar refractivity (Wildman–Crippen MR) is 79.4 cm³/mol. The van der Waals surface area contributed by atoms with E-state index in [2.05, 4.69) is 0 Å². The Kier molecular flexibility index (Phi) is 3.60. The summed E-state index contributed by atoms with van der Waals surface area (Å²) >= 11 is 0. The number of halogens is 3. The zero-order valence-electron chi connectivity index (χ0n) is 11.8. The maximum absolute atomic E-state index is 13.3. The summed E-state index contributed by atoms with van der Waals surface area (Å²) in [6.07, 6.45) is -4.46. The molecular weight excluding hydrogens is 307 g/mol. The van der Waals surface area contributed by atoms with Crippen LogP contribution in [0.25, 0.3) is 10.9 Å². The van der Waals surface area contributed by atoms with Crippen LogP contribution < -0.4 is 0 Å². The van der Waals surface area contributed by atoms with Crippen LogP contribution in [0.5, 0.6) is 0 Å². The van der Waals surface area contributed by atoms with Gasteiger partial charge in [-0.25, -0.2) is 4.79 Å². The molecule has 0 aliphatic heterocycles. The Morgan fingerprint density at radius 3 is 2.30 bits per heavy atom. The molecule has 118 valence electrons. The van der Waals surface area contributed by atoms with E-state index in [0.717, 1.165) is 6.07 Å². The topological polar surface area (TPSA) is 42.2 Å². The second-order valence-corrected chi connectivity index (χ2v) is 5.17. The highest BCUT2D eigenvalue weighted by molar-refractivity contribution is 5.87. The van der Waals surface area contributed by atoms with E-state index in [1.54, 1.807) is 24.3 Å². The molecule has 0 atom stereocenters.